The summed E-state index contributed by atoms with van der Waals surface area (Å²) in [6.45, 7) is 0. The Kier molecular flexibility index (Phi) is 5.92. The number of sulfonamides is 1. The van der Waals surface area contributed by atoms with Crippen molar-refractivity contribution in [2.45, 2.75) is 17.4 Å². The normalized spacial score (nSPS) is 17.4. The molecule has 3 N–H and O–H groups in total. The molecule has 9 nitrogen and oxygen atoms in total. The average molecular weight is 448 g/mol. The first-order valence-electron chi connectivity index (χ1n) is 8.17. The molecule has 0 saturated carbocycles. The number of rotatable bonds is 7. The van der Waals surface area contributed by atoms with Crippen LogP contribution in [0.5, 0.6) is 5.75 Å². The van der Waals surface area contributed by atoms with Gasteiger partial charge in [-0.3, -0.25) is 14.4 Å². The highest BCUT2D eigenvalue weighted by molar-refractivity contribution is 7.99. The number of anilines is 3. The minimum absolute atomic E-state index is 0.0250. The largest absolute Gasteiger partial charge is 0.504 e. The van der Waals surface area contributed by atoms with E-state index in [1.54, 1.807) is 11.8 Å². The first-order chi connectivity index (χ1) is 13.2. The fourth-order valence-corrected chi connectivity index (χ4v) is 5.47. The molecule has 0 bridgehead atoms. The maximum absolute atomic E-state index is 12.5. The number of aromatic hydroxyl groups is 1. The zero-order chi connectivity index (χ0) is 20.6. The molecular formula is C16H18ClN3O6S2. The molecule has 0 spiro atoms. The lowest BCUT2D eigenvalue weighted by Crippen LogP contribution is -2.39. The van der Waals surface area contributed by atoms with Crippen molar-refractivity contribution in [3.63, 3.8) is 0 Å². The van der Waals surface area contributed by atoms with E-state index in [2.05, 4.69) is 10.6 Å². The first-order valence-corrected chi connectivity index (χ1v) is 11.1. The van der Waals surface area contributed by atoms with Gasteiger partial charge in [0.2, 0.25) is 0 Å². The van der Waals surface area contributed by atoms with Crippen LogP contribution in [0.1, 0.15) is 6.42 Å². The van der Waals surface area contributed by atoms with Crippen LogP contribution in [0.3, 0.4) is 0 Å². The van der Waals surface area contributed by atoms with E-state index in [0.29, 0.717) is 4.47 Å². The lowest BCUT2D eigenvalue weighted by Gasteiger charge is -2.20. The lowest BCUT2D eigenvalue weighted by atomic mass is 10.1. The molecule has 2 aromatic carbocycles. The Labute approximate surface area is 170 Å². The van der Waals surface area contributed by atoms with Gasteiger partial charge in [-0.25, -0.2) is 8.42 Å². The maximum Gasteiger partial charge on any atom is 0.269 e. The van der Waals surface area contributed by atoms with Crippen molar-refractivity contribution in [2.75, 3.05) is 36.3 Å². The second-order valence-electron chi connectivity index (χ2n) is 6.11. The SMILES string of the molecule is CON(C)S(=O)(=O)c1c(Cl)ccc(Nc2c(NC3CCSC3)c(=O)c2=O)c1O. The molecule has 152 valence electrons. The molecule has 3 rings (SSSR count). The minimum Gasteiger partial charge on any atom is -0.504 e. The van der Waals surface area contributed by atoms with E-state index in [1.165, 1.54) is 12.1 Å². The van der Waals surface area contributed by atoms with Crippen molar-refractivity contribution in [3.05, 3.63) is 37.6 Å². The van der Waals surface area contributed by atoms with Gasteiger partial charge in [0.25, 0.3) is 20.9 Å². The van der Waals surface area contributed by atoms with Crippen molar-refractivity contribution >= 4 is 50.4 Å². The number of thioether (sulfide) groups is 1. The number of hydrogen-bond acceptors (Lipinski definition) is 9. The molecule has 1 atom stereocenters. The Morgan fingerprint density at radius 2 is 1.96 bits per heavy atom. The molecule has 1 heterocycles. The number of halogens is 1. The Balaban J connectivity index is 1.97. The summed E-state index contributed by atoms with van der Waals surface area (Å²) in [5, 5.41) is 16.0. The molecule has 0 aliphatic carbocycles. The van der Waals surface area contributed by atoms with Crippen LogP contribution in [0.15, 0.2) is 26.6 Å². The number of phenols is 1. The zero-order valence-electron chi connectivity index (χ0n) is 15.0. The van der Waals surface area contributed by atoms with Gasteiger partial charge in [-0.2, -0.15) is 11.8 Å². The Morgan fingerprint density at radius 3 is 2.57 bits per heavy atom. The van der Waals surface area contributed by atoms with Crippen LogP contribution in [-0.4, -0.2) is 49.7 Å². The third-order valence-electron chi connectivity index (χ3n) is 4.39. The highest BCUT2D eigenvalue weighted by Crippen LogP contribution is 2.40. The quantitative estimate of drug-likeness (QED) is 0.328. The third kappa shape index (κ3) is 3.60. The van der Waals surface area contributed by atoms with E-state index < -0.39 is 31.5 Å². The van der Waals surface area contributed by atoms with E-state index in [9.17, 15) is 23.1 Å². The number of benzene rings is 1. The Morgan fingerprint density at radius 1 is 1.29 bits per heavy atom. The van der Waals surface area contributed by atoms with E-state index >= 15 is 0 Å². The van der Waals surface area contributed by atoms with Crippen molar-refractivity contribution in [1.82, 2.24) is 4.47 Å². The van der Waals surface area contributed by atoms with Crippen LogP contribution in [0, 0.1) is 0 Å². The summed E-state index contributed by atoms with van der Waals surface area (Å²) < 4.78 is 25.6. The maximum atomic E-state index is 12.5. The average Bonchev–Trinajstić information content (AvgIpc) is 3.18. The van der Waals surface area contributed by atoms with Crippen molar-refractivity contribution < 1.29 is 18.4 Å². The molecule has 2 aromatic rings. The van der Waals surface area contributed by atoms with Crippen LogP contribution < -0.4 is 21.5 Å². The van der Waals surface area contributed by atoms with Gasteiger partial charge >= 0.3 is 0 Å². The summed E-state index contributed by atoms with van der Waals surface area (Å²) in [5.41, 5.74) is -1.38. The van der Waals surface area contributed by atoms with Gasteiger partial charge in [0.05, 0.1) is 17.8 Å². The second-order valence-corrected chi connectivity index (χ2v) is 9.54. The summed E-state index contributed by atoms with van der Waals surface area (Å²) in [4.78, 5) is 28.0. The van der Waals surface area contributed by atoms with Gasteiger partial charge in [0.1, 0.15) is 16.3 Å². The van der Waals surface area contributed by atoms with Gasteiger partial charge in [0.15, 0.2) is 5.75 Å². The minimum atomic E-state index is -4.25. The van der Waals surface area contributed by atoms with Crippen molar-refractivity contribution in [2.24, 2.45) is 0 Å². The number of hydrogen-bond donors (Lipinski definition) is 3. The van der Waals surface area contributed by atoms with Crippen LogP contribution in [0.25, 0.3) is 0 Å². The standard InChI is InChI=1S/C16H18ClN3O6S2/c1-20(26-2)28(24,25)16-9(17)3-4-10(13(16)21)19-12-11(14(22)15(12)23)18-8-5-6-27-7-8/h3-4,8,18-19,21H,5-7H2,1-2H3. The molecule has 1 fully saturated rings. The fourth-order valence-electron chi connectivity index (χ4n) is 2.76. The van der Waals surface area contributed by atoms with E-state index in [1.807, 2.05) is 0 Å². The van der Waals surface area contributed by atoms with Crippen LogP contribution in [0.2, 0.25) is 5.02 Å². The molecule has 1 unspecified atom stereocenters. The molecule has 1 saturated heterocycles. The topological polar surface area (TPSA) is 125 Å². The van der Waals surface area contributed by atoms with E-state index in [0.717, 1.165) is 32.1 Å². The predicted octanol–water partition coefficient (Wildman–Crippen LogP) is 1.48. The zero-order valence-corrected chi connectivity index (χ0v) is 17.4. The number of hydroxylamine groups is 1. The summed E-state index contributed by atoms with van der Waals surface area (Å²) in [6, 6.07) is 2.64. The molecule has 28 heavy (non-hydrogen) atoms. The van der Waals surface area contributed by atoms with Gasteiger partial charge in [-0.15, -0.1) is 0 Å². The van der Waals surface area contributed by atoms with Gasteiger partial charge in [-0.05, 0) is 24.3 Å². The number of nitrogens with zero attached hydrogens (tertiary/aromatic N) is 1. The summed E-state index contributed by atoms with van der Waals surface area (Å²) in [6.07, 6.45) is 0.862. The van der Waals surface area contributed by atoms with Gasteiger partial charge in [0, 0.05) is 18.8 Å². The fraction of sp³-hybridized carbons (Fsp3) is 0.375. The Hall–Kier alpha value is -1.79. The molecule has 1 aliphatic heterocycles. The lowest BCUT2D eigenvalue weighted by molar-refractivity contribution is -0.0259. The molecule has 0 amide bonds. The summed E-state index contributed by atoms with van der Waals surface area (Å²) in [7, 11) is -1.96. The summed E-state index contributed by atoms with van der Waals surface area (Å²) >= 11 is 7.71. The molecular weight excluding hydrogens is 430 g/mol. The molecule has 0 radical (unpaired) electrons. The molecule has 12 heteroatoms. The highest BCUT2D eigenvalue weighted by atomic mass is 35.5. The predicted molar refractivity (Wildman–Crippen MR) is 109 cm³/mol. The van der Waals surface area contributed by atoms with Crippen LogP contribution in [-0.2, 0) is 14.9 Å². The number of nitrogens with one attached hydrogen (secondary N) is 2. The smallest absolute Gasteiger partial charge is 0.269 e. The molecule has 0 aromatic heterocycles. The van der Waals surface area contributed by atoms with Crippen molar-refractivity contribution in [3.8, 4) is 5.75 Å². The Bertz CT molecular complexity index is 1080. The van der Waals surface area contributed by atoms with Crippen LogP contribution in [0.4, 0.5) is 17.1 Å². The van der Waals surface area contributed by atoms with Gasteiger partial charge < -0.3 is 15.7 Å². The van der Waals surface area contributed by atoms with E-state index in [4.69, 9.17) is 16.4 Å². The second kappa shape index (κ2) is 7.91. The van der Waals surface area contributed by atoms with E-state index in [-0.39, 0.29) is 28.1 Å². The van der Waals surface area contributed by atoms with Crippen molar-refractivity contribution in [1.29, 1.82) is 0 Å². The first kappa shape index (κ1) is 20.9. The monoisotopic (exact) mass is 447 g/mol. The van der Waals surface area contributed by atoms with Crippen LogP contribution >= 0.6 is 23.4 Å². The van der Waals surface area contributed by atoms with Gasteiger partial charge in [-0.1, -0.05) is 16.1 Å². The highest BCUT2D eigenvalue weighted by Gasteiger charge is 2.31. The summed E-state index contributed by atoms with van der Waals surface area (Å²) in [5.74, 6) is 1.09. The third-order valence-corrected chi connectivity index (χ3v) is 7.73. The number of phenolic OH excluding ortho intramolecular Hbond substituents is 1. The molecule has 1 aliphatic rings.